The van der Waals surface area contributed by atoms with Gasteiger partial charge in [-0.25, -0.2) is 18.4 Å². The molecule has 0 aliphatic rings. The molecular weight excluding hydrogens is 473 g/mol. The number of pyridine rings is 1. The van der Waals surface area contributed by atoms with Gasteiger partial charge in [0, 0.05) is 6.20 Å². The molecule has 0 saturated carbocycles. The molecule has 0 aromatic carbocycles. The van der Waals surface area contributed by atoms with Gasteiger partial charge in [0.25, 0.3) is 5.56 Å². The molecule has 14 heteroatoms. The third kappa shape index (κ3) is 4.67. The van der Waals surface area contributed by atoms with Crippen molar-refractivity contribution in [1.82, 2.24) is 24.5 Å². The van der Waals surface area contributed by atoms with Gasteiger partial charge in [0.2, 0.25) is 5.28 Å². The van der Waals surface area contributed by atoms with Crippen LogP contribution in [-0.4, -0.2) is 44.8 Å². The molecule has 0 bridgehead atoms. The van der Waals surface area contributed by atoms with E-state index in [9.17, 15) is 26.4 Å². The van der Waals surface area contributed by atoms with Gasteiger partial charge in [-0.05, 0) is 37.6 Å². The van der Waals surface area contributed by atoms with Gasteiger partial charge >= 0.3 is 6.18 Å². The normalized spacial score (nSPS) is 13.3. The van der Waals surface area contributed by atoms with Crippen LogP contribution in [0, 0.1) is 6.92 Å². The summed E-state index contributed by atoms with van der Waals surface area (Å²) in [5.74, 6) is -0.454. The van der Waals surface area contributed by atoms with Crippen LogP contribution >= 0.6 is 11.6 Å². The van der Waals surface area contributed by atoms with Crippen molar-refractivity contribution in [3.8, 4) is 0 Å². The van der Waals surface area contributed by atoms with E-state index in [4.69, 9.17) is 11.6 Å². The maximum Gasteiger partial charge on any atom is 0.409 e. The maximum atomic E-state index is 13.5. The summed E-state index contributed by atoms with van der Waals surface area (Å²) in [6.07, 6.45) is -3.56. The molecule has 3 heterocycles. The number of alkyl halides is 3. The quantitative estimate of drug-likeness (QED) is 0.523. The number of rotatable bonds is 6. The third-order valence-electron chi connectivity index (χ3n) is 4.72. The van der Waals surface area contributed by atoms with Gasteiger partial charge in [0.1, 0.15) is 11.6 Å². The lowest BCUT2D eigenvalue weighted by molar-refractivity contribution is -0.162. The van der Waals surface area contributed by atoms with Crippen molar-refractivity contribution >= 4 is 38.4 Å². The first kappa shape index (κ1) is 23.9. The van der Waals surface area contributed by atoms with E-state index in [1.807, 2.05) is 0 Å². The van der Waals surface area contributed by atoms with Gasteiger partial charge in [-0.15, -0.1) is 0 Å². The molecular formula is C18H18ClF3N6O3S. The Hall–Kier alpha value is -2.80. The zero-order valence-corrected chi connectivity index (χ0v) is 18.7. The predicted octanol–water partition coefficient (Wildman–Crippen LogP) is 3.07. The molecule has 0 amide bonds. The zero-order chi connectivity index (χ0) is 23.8. The summed E-state index contributed by atoms with van der Waals surface area (Å²) in [6.45, 7) is 3.72. The van der Waals surface area contributed by atoms with E-state index in [1.165, 1.54) is 32.2 Å². The molecule has 0 unspecified atom stereocenters. The van der Waals surface area contributed by atoms with E-state index in [-0.39, 0.29) is 45.2 Å². The van der Waals surface area contributed by atoms with Gasteiger partial charge < -0.3 is 5.32 Å². The van der Waals surface area contributed by atoms with Crippen molar-refractivity contribution in [1.29, 1.82) is 0 Å². The Kier molecular flexibility index (Phi) is 6.43. The molecule has 3 aromatic heterocycles. The number of fused-ring (bicyclic) bond motifs is 1. The first-order chi connectivity index (χ1) is 14.8. The Morgan fingerprint density at radius 3 is 2.47 bits per heavy atom. The van der Waals surface area contributed by atoms with Gasteiger partial charge in [-0.3, -0.25) is 14.3 Å². The highest BCUT2D eigenvalue weighted by atomic mass is 35.5. The fraction of sp³-hybridized carbons (Fsp3) is 0.389. The van der Waals surface area contributed by atoms with Crippen LogP contribution < -0.4 is 10.9 Å². The Balaban J connectivity index is 2.04. The average molecular weight is 491 g/mol. The largest absolute Gasteiger partial charge is 0.409 e. The van der Waals surface area contributed by atoms with Crippen molar-refractivity contribution in [3.05, 3.63) is 45.4 Å². The average Bonchev–Trinajstić information content (AvgIpc) is 2.71. The summed E-state index contributed by atoms with van der Waals surface area (Å²) in [4.78, 5) is 28.7. The molecule has 3 rings (SSSR count). The second-order valence-corrected chi connectivity index (χ2v) is 9.46. The van der Waals surface area contributed by atoms with E-state index in [0.29, 0.717) is 10.3 Å². The van der Waals surface area contributed by atoms with Crippen molar-refractivity contribution in [2.24, 2.45) is 0 Å². The maximum absolute atomic E-state index is 13.5. The minimum atomic E-state index is -4.73. The molecule has 1 N–H and O–H groups in total. The number of aromatic nitrogens is 5. The second kappa shape index (κ2) is 8.62. The van der Waals surface area contributed by atoms with Crippen LogP contribution in [0.5, 0.6) is 0 Å². The Labute approximate surface area is 185 Å². The molecule has 0 saturated heterocycles. The number of hydrogen-bond acceptors (Lipinski definition) is 8. The Morgan fingerprint density at radius 1 is 1.22 bits per heavy atom. The van der Waals surface area contributed by atoms with Gasteiger partial charge in [-0.1, -0.05) is 6.92 Å². The van der Waals surface area contributed by atoms with Crippen molar-refractivity contribution in [2.45, 2.75) is 44.4 Å². The number of hydrogen-bond donors (Lipinski definition) is 1. The molecule has 172 valence electrons. The SMILES string of the molecule is CCS(=O)(=O)c1ccc(CNc2nc3c(C)nc(Cl)nc3n([C@@H](C)C(F)(F)F)c2=O)nc1. The number of aryl methyl sites for hydroxylation is 1. The van der Waals surface area contributed by atoms with Gasteiger partial charge in [-0.2, -0.15) is 18.2 Å². The van der Waals surface area contributed by atoms with Crippen LogP contribution in [0.3, 0.4) is 0 Å². The number of nitrogens with zero attached hydrogens (tertiary/aromatic N) is 5. The Bertz CT molecular complexity index is 1330. The number of anilines is 1. The van der Waals surface area contributed by atoms with E-state index in [0.717, 1.165) is 6.92 Å². The summed E-state index contributed by atoms with van der Waals surface area (Å²) in [5, 5.41) is 2.36. The molecule has 0 spiro atoms. The molecule has 1 atom stereocenters. The monoisotopic (exact) mass is 490 g/mol. The summed E-state index contributed by atoms with van der Waals surface area (Å²) in [5.41, 5.74) is -0.874. The third-order valence-corrected chi connectivity index (χ3v) is 6.61. The molecule has 0 fully saturated rings. The first-order valence-electron chi connectivity index (χ1n) is 9.29. The molecule has 32 heavy (non-hydrogen) atoms. The zero-order valence-electron chi connectivity index (χ0n) is 17.1. The first-order valence-corrected chi connectivity index (χ1v) is 11.3. The number of nitrogens with one attached hydrogen (secondary N) is 1. The highest BCUT2D eigenvalue weighted by Crippen LogP contribution is 2.31. The van der Waals surface area contributed by atoms with Gasteiger partial charge in [0.05, 0.1) is 28.6 Å². The summed E-state index contributed by atoms with van der Waals surface area (Å²) < 4.78 is 64.6. The minimum absolute atomic E-state index is 0.0232. The second-order valence-electron chi connectivity index (χ2n) is 6.85. The van der Waals surface area contributed by atoms with E-state index in [1.54, 1.807) is 0 Å². The highest BCUT2D eigenvalue weighted by Gasteiger charge is 2.39. The summed E-state index contributed by atoms with van der Waals surface area (Å²) >= 11 is 5.79. The lowest BCUT2D eigenvalue weighted by atomic mass is 10.3. The fourth-order valence-electron chi connectivity index (χ4n) is 2.85. The summed E-state index contributed by atoms with van der Waals surface area (Å²) in [6, 6.07) is 0.588. The predicted molar refractivity (Wildman–Crippen MR) is 111 cm³/mol. The van der Waals surface area contributed by atoms with Crippen LogP contribution in [0.1, 0.15) is 31.3 Å². The van der Waals surface area contributed by atoms with E-state index in [2.05, 4.69) is 25.3 Å². The van der Waals surface area contributed by atoms with Gasteiger partial charge in [0.15, 0.2) is 21.3 Å². The topological polar surface area (TPSA) is 120 Å². The smallest absolute Gasteiger partial charge is 0.360 e. The van der Waals surface area contributed by atoms with E-state index < -0.39 is 27.6 Å². The highest BCUT2D eigenvalue weighted by molar-refractivity contribution is 7.91. The van der Waals surface area contributed by atoms with Crippen LogP contribution in [-0.2, 0) is 16.4 Å². The molecule has 0 radical (unpaired) electrons. The lowest BCUT2D eigenvalue weighted by Gasteiger charge is -2.21. The standard InChI is InChI=1S/C18H18ClF3N6O3S/c1-4-32(30,31)12-6-5-11(23-8-12)7-24-14-16(29)28(10(3)18(20,21)22)15-13(26-14)9(2)25-17(19)27-15/h5-6,8,10H,4,7H2,1-3H3,(H,24,26)/t10-/m0/s1. The molecule has 9 nitrogen and oxygen atoms in total. The Morgan fingerprint density at radius 2 is 1.91 bits per heavy atom. The van der Waals surface area contributed by atoms with Crippen LogP contribution in [0.4, 0.5) is 19.0 Å². The number of halogens is 4. The number of sulfone groups is 1. The van der Waals surface area contributed by atoms with Crippen LogP contribution in [0.15, 0.2) is 28.0 Å². The van der Waals surface area contributed by atoms with Crippen molar-refractivity contribution in [3.63, 3.8) is 0 Å². The summed E-state index contributed by atoms with van der Waals surface area (Å²) in [7, 11) is -3.43. The lowest BCUT2D eigenvalue weighted by Crippen LogP contribution is -2.35. The van der Waals surface area contributed by atoms with Crippen molar-refractivity contribution in [2.75, 3.05) is 11.1 Å². The van der Waals surface area contributed by atoms with E-state index >= 15 is 0 Å². The molecule has 0 aliphatic carbocycles. The van der Waals surface area contributed by atoms with Crippen molar-refractivity contribution < 1.29 is 21.6 Å². The molecule has 0 aliphatic heterocycles. The van der Waals surface area contributed by atoms with Crippen LogP contribution in [0.25, 0.3) is 11.2 Å². The minimum Gasteiger partial charge on any atom is -0.360 e. The molecule has 3 aromatic rings. The fourth-order valence-corrected chi connectivity index (χ4v) is 3.88. The van der Waals surface area contributed by atoms with Crippen LogP contribution in [0.2, 0.25) is 5.28 Å².